The Labute approximate surface area is 148 Å². The second-order valence-electron chi connectivity index (χ2n) is 5.48. The molecule has 5 heteroatoms. The molecule has 2 aromatic rings. The van der Waals surface area contributed by atoms with Crippen molar-refractivity contribution in [3.05, 3.63) is 65.7 Å². The van der Waals surface area contributed by atoms with Crippen molar-refractivity contribution in [2.45, 2.75) is 19.9 Å². The number of amides is 1. The van der Waals surface area contributed by atoms with E-state index in [2.05, 4.69) is 12.2 Å². The second-order valence-corrected chi connectivity index (χ2v) is 5.87. The minimum atomic E-state index is -0.264. The van der Waals surface area contributed by atoms with E-state index in [9.17, 15) is 4.79 Å². The van der Waals surface area contributed by atoms with Crippen molar-refractivity contribution >= 4 is 23.2 Å². The highest BCUT2D eigenvalue weighted by Gasteiger charge is 2.10. The van der Waals surface area contributed by atoms with Gasteiger partial charge < -0.3 is 15.0 Å². The topological polar surface area (TPSA) is 41.6 Å². The summed E-state index contributed by atoms with van der Waals surface area (Å²) in [5, 5.41) is 3.07. The van der Waals surface area contributed by atoms with Crippen LogP contribution in [-0.4, -0.2) is 29.6 Å². The molecular weight excluding hydrogens is 320 g/mol. The molecule has 0 fully saturated rings. The molecule has 126 valence electrons. The molecule has 0 saturated carbocycles. The maximum Gasteiger partial charge on any atom is 0.264 e. The third kappa shape index (κ3) is 5.66. The number of nitrogens with one attached hydrogen (secondary N) is 1. The van der Waals surface area contributed by atoms with Crippen LogP contribution in [0.3, 0.4) is 0 Å². The first-order valence-electron chi connectivity index (χ1n) is 7.89. The van der Waals surface area contributed by atoms with Crippen molar-refractivity contribution in [1.82, 2.24) is 10.2 Å². The van der Waals surface area contributed by atoms with Crippen LogP contribution in [0.25, 0.3) is 0 Å². The summed E-state index contributed by atoms with van der Waals surface area (Å²) in [7, 11) is 1.85. The molecule has 0 unspecified atom stereocenters. The lowest BCUT2D eigenvalue weighted by Gasteiger charge is -2.20. The molecule has 1 N–H and O–H groups in total. The Bertz CT molecular complexity index is 672. The van der Waals surface area contributed by atoms with Crippen LogP contribution in [0, 0.1) is 0 Å². The van der Waals surface area contributed by atoms with E-state index in [1.165, 1.54) is 5.56 Å². The van der Waals surface area contributed by atoms with E-state index in [1.807, 2.05) is 66.5 Å². The Morgan fingerprint density at radius 2 is 1.75 bits per heavy atom. The summed E-state index contributed by atoms with van der Waals surface area (Å²) >= 11 is 5.25. The summed E-state index contributed by atoms with van der Waals surface area (Å²) in [6.07, 6.45) is 0.975. The van der Waals surface area contributed by atoms with Gasteiger partial charge >= 0.3 is 0 Å². The minimum absolute atomic E-state index is 0.0647. The molecule has 1 amide bonds. The fourth-order valence-corrected chi connectivity index (χ4v) is 2.33. The molecule has 0 aliphatic carbocycles. The van der Waals surface area contributed by atoms with Crippen molar-refractivity contribution in [3.63, 3.8) is 0 Å². The zero-order valence-corrected chi connectivity index (χ0v) is 14.8. The molecule has 0 atom stereocenters. The SMILES string of the molecule is CCc1ccc(OCC(=O)NC(=S)N(C)Cc2ccccc2)cc1. The zero-order valence-electron chi connectivity index (χ0n) is 14.0. The monoisotopic (exact) mass is 342 g/mol. The lowest BCUT2D eigenvalue weighted by atomic mass is 10.2. The lowest BCUT2D eigenvalue weighted by molar-refractivity contribution is -0.121. The number of rotatable bonds is 6. The Morgan fingerprint density at radius 3 is 2.38 bits per heavy atom. The standard InChI is InChI=1S/C19H22N2O2S/c1-3-15-9-11-17(12-10-15)23-14-18(22)20-19(24)21(2)13-16-7-5-4-6-8-16/h4-12H,3,13-14H2,1-2H3,(H,20,22,24). The molecule has 2 aromatic carbocycles. The van der Waals surface area contributed by atoms with Gasteiger partial charge in [0.25, 0.3) is 5.91 Å². The van der Waals surface area contributed by atoms with E-state index in [-0.39, 0.29) is 12.5 Å². The number of hydrogen-bond donors (Lipinski definition) is 1. The summed E-state index contributed by atoms with van der Waals surface area (Å²) in [6.45, 7) is 2.67. The van der Waals surface area contributed by atoms with Gasteiger partial charge in [-0.05, 0) is 41.9 Å². The van der Waals surface area contributed by atoms with Crippen LogP contribution in [-0.2, 0) is 17.8 Å². The molecule has 24 heavy (non-hydrogen) atoms. The fourth-order valence-electron chi connectivity index (χ4n) is 2.15. The van der Waals surface area contributed by atoms with Crippen molar-refractivity contribution in [3.8, 4) is 5.75 Å². The van der Waals surface area contributed by atoms with Crippen LogP contribution in [0.2, 0.25) is 0 Å². The van der Waals surface area contributed by atoms with E-state index in [4.69, 9.17) is 17.0 Å². The fraction of sp³-hybridized carbons (Fsp3) is 0.263. The van der Waals surface area contributed by atoms with Gasteiger partial charge in [-0.1, -0.05) is 49.4 Å². The van der Waals surface area contributed by atoms with Gasteiger partial charge in [-0.2, -0.15) is 0 Å². The van der Waals surface area contributed by atoms with Crippen LogP contribution in [0.4, 0.5) is 0 Å². The normalized spacial score (nSPS) is 10.1. The van der Waals surface area contributed by atoms with Gasteiger partial charge in [0.2, 0.25) is 0 Å². The van der Waals surface area contributed by atoms with E-state index >= 15 is 0 Å². The van der Waals surface area contributed by atoms with Gasteiger partial charge in [-0.25, -0.2) is 0 Å². The van der Waals surface area contributed by atoms with Crippen molar-refractivity contribution in [1.29, 1.82) is 0 Å². The Kier molecular flexibility index (Phi) is 6.75. The highest BCUT2D eigenvalue weighted by molar-refractivity contribution is 7.80. The number of aryl methyl sites for hydroxylation is 1. The number of carbonyl (C=O) groups is 1. The molecule has 4 nitrogen and oxygen atoms in total. The van der Waals surface area contributed by atoms with Crippen molar-refractivity contribution in [2.24, 2.45) is 0 Å². The van der Waals surface area contributed by atoms with Crippen molar-refractivity contribution in [2.75, 3.05) is 13.7 Å². The quantitative estimate of drug-likeness (QED) is 0.819. The number of hydrogen-bond acceptors (Lipinski definition) is 3. The Morgan fingerprint density at radius 1 is 1.08 bits per heavy atom. The third-order valence-electron chi connectivity index (χ3n) is 3.56. The minimum Gasteiger partial charge on any atom is -0.484 e. The highest BCUT2D eigenvalue weighted by atomic mass is 32.1. The third-order valence-corrected chi connectivity index (χ3v) is 3.97. The van der Waals surface area contributed by atoms with Gasteiger partial charge in [0, 0.05) is 13.6 Å². The molecule has 0 heterocycles. The van der Waals surface area contributed by atoms with Crippen LogP contribution in [0.1, 0.15) is 18.1 Å². The first-order chi connectivity index (χ1) is 11.6. The van der Waals surface area contributed by atoms with Crippen LogP contribution in [0.5, 0.6) is 5.75 Å². The zero-order chi connectivity index (χ0) is 17.4. The number of ether oxygens (including phenoxy) is 1. The number of benzene rings is 2. The van der Waals surface area contributed by atoms with Gasteiger partial charge in [-0.15, -0.1) is 0 Å². The number of nitrogens with zero attached hydrogens (tertiary/aromatic N) is 1. The Balaban J connectivity index is 1.77. The molecule has 2 rings (SSSR count). The van der Waals surface area contributed by atoms with Crippen LogP contribution >= 0.6 is 12.2 Å². The molecule has 0 radical (unpaired) electrons. The van der Waals surface area contributed by atoms with Crippen LogP contribution in [0.15, 0.2) is 54.6 Å². The molecular formula is C19H22N2O2S. The molecule has 0 aliphatic rings. The smallest absolute Gasteiger partial charge is 0.264 e. The largest absolute Gasteiger partial charge is 0.484 e. The maximum atomic E-state index is 12.0. The second kappa shape index (κ2) is 9.03. The van der Waals surface area contributed by atoms with E-state index in [1.54, 1.807) is 0 Å². The van der Waals surface area contributed by atoms with Gasteiger partial charge in [-0.3, -0.25) is 4.79 Å². The first-order valence-corrected chi connectivity index (χ1v) is 8.30. The number of carbonyl (C=O) groups excluding carboxylic acids is 1. The van der Waals surface area contributed by atoms with E-state index in [0.29, 0.717) is 17.4 Å². The maximum absolute atomic E-state index is 12.0. The predicted octanol–water partition coefficient (Wildman–Crippen LogP) is 3.16. The average molecular weight is 342 g/mol. The van der Waals surface area contributed by atoms with E-state index < -0.39 is 0 Å². The van der Waals surface area contributed by atoms with Crippen molar-refractivity contribution < 1.29 is 9.53 Å². The number of thiocarbonyl (C=S) groups is 1. The molecule has 0 spiro atoms. The molecule has 0 aliphatic heterocycles. The van der Waals surface area contributed by atoms with E-state index in [0.717, 1.165) is 12.0 Å². The predicted molar refractivity (Wildman–Crippen MR) is 100.0 cm³/mol. The summed E-state index contributed by atoms with van der Waals surface area (Å²) in [4.78, 5) is 13.8. The molecule has 0 saturated heterocycles. The summed E-state index contributed by atoms with van der Waals surface area (Å²) in [5.74, 6) is 0.408. The summed E-state index contributed by atoms with van der Waals surface area (Å²) in [5.41, 5.74) is 2.36. The highest BCUT2D eigenvalue weighted by Crippen LogP contribution is 2.12. The lowest BCUT2D eigenvalue weighted by Crippen LogP contribution is -2.42. The van der Waals surface area contributed by atoms with Gasteiger partial charge in [0.1, 0.15) is 5.75 Å². The van der Waals surface area contributed by atoms with Gasteiger partial charge in [0.15, 0.2) is 11.7 Å². The molecule has 0 bridgehead atoms. The van der Waals surface area contributed by atoms with Gasteiger partial charge in [0.05, 0.1) is 0 Å². The van der Waals surface area contributed by atoms with Crippen LogP contribution < -0.4 is 10.1 Å². The molecule has 0 aromatic heterocycles. The first kappa shape index (κ1) is 17.9. The summed E-state index contributed by atoms with van der Waals surface area (Å²) < 4.78 is 5.48. The summed E-state index contributed by atoms with van der Waals surface area (Å²) in [6, 6.07) is 17.7. The Hall–Kier alpha value is -2.40. The average Bonchev–Trinajstić information content (AvgIpc) is 2.61.